The van der Waals surface area contributed by atoms with Crippen LogP contribution in [0, 0.1) is 0 Å². The lowest BCUT2D eigenvalue weighted by molar-refractivity contribution is -0.160. The molecule has 0 N–H and O–H groups in total. The van der Waals surface area contributed by atoms with E-state index >= 15 is 0 Å². The van der Waals surface area contributed by atoms with E-state index in [0.717, 1.165) is 12.7 Å². The lowest BCUT2D eigenvalue weighted by Crippen LogP contribution is -2.80. The molecule has 0 bridgehead atoms. The maximum absolute atomic E-state index is 6.49. The molecule has 1 heterocycles. The van der Waals surface area contributed by atoms with Crippen molar-refractivity contribution in [1.29, 1.82) is 0 Å². The van der Waals surface area contributed by atoms with Gasteiger partial charge in [0, 0.05) is 19.3 Å². The quantitative estimate of drug-likeness (QED) is 0.745. The summed E-state index contributed by atoms with van der Waals surface area (Å²) < 4.78 is 18.8. The SMILES string of the molecule is CCOC1(C)C[Si](C)(OCC)[Si](C)(C)[Si](C)(C)O1. The zero-order valence-corrected chi connectivity index (χ0v) is 16.3. The molecular formula is C12H30O3Si3. The zero-order chi connectivity index (χ0) is 14.2. The van der Waals surface area contributed by atoms with Crippen LogP contribution in [0.15, 0.2) is 0 Å². The van der Waals surface area contributed by atoms with Crippen LogP contribution in [0.1, 0.15) is 20.8 Å². The topological polar surface area (TPSA) is 27.7 Å². The average molecular weight is 307 g/mol. The Bertz CT molecular complexity index is 309. The first-order valence-electron chi connectivity index (χ1n) is 7.02. The van der Waals surface area contributed by atoms with E-state index < -0.39 is 28.6 Å². The van der Waals surface area contributed by atoms with Crippen molar-refractivity contribution in [2.24, 2.45) is 0 Å². The van der Waals surface area contributed by atoms with Gasteiger partial charge in [0.1, 0.15) is 0 Å². The van der Waals surface area contributed by atoms with Gasteiger partial charge in [-0.25, -0.2) is 0 Å². The van der Waals surface area contributed by atoms with Gasteiger partial charge >= 0.3 is 0 Å². The summed E-state index contributed by atoms with van der Waals surface area (Å²) in [7, 11) is -4.89. The summed E-state index contributed by atoms with van der Waals surface area (Å²) in [5, 5.41) is 0. The highest BCUT2D eigenvalue weighted by atomic mass is 29.7. The molecule has 3 nitrogen and oxygen atoms in total. The molecule has 0 spiro atoms. The Morgan fingerprint density at radius 3 is 2.06 bits per heavy atom. The van der Waals surface area contributed by atoms with E-state index in [2.05, 4.69) is 46.6 Å². The average Bonchev–Trinajstić information content (AvgIpc) is 2.14. The Morgan fingerprint density at radius 2 is 1.61 bits per heavy atom. The van der Waals surface area contributed by atoms with Crippen LogP contribution in [0.5, 0.6) is 0 Å². The Labute approximate surface area is 115 Å². The third kappa shape index (κ3) is 2.69. The van der Waals surface area contributed by atoms with Crippen molar-refractivity contribution in [2.75, 3.05) is 13.2 Å². The van der Waals surface area contributed by atoms with Gasteiger partial charge in [0.2, 0.25) is 0 Å². The smallest absolute Gasteiger partial charge is 0.182 e. The molecule has 18 heavy (non-hydrogen) atoms. The number of ether oxygens (including phenoxy) is 1. The van der Waals surface area contributed by atoms with Gasteiger partial charge in [0.25, 0.3) is 0 Å². The number of hydrogen-bond donors (Lipinski definition) is 0. The highest BCUT2D eigenvalue weighted by Crippen LogP contribution is 2.44. The van der Waals surface area contributed by atoms with Gasteiger partial charge in [-0.15, -0.1) is 0 Å². The van der Waals surface area contributed by atoms with Crippen LogP contribution in [0.3, 0.4) is 0 Å². The van der Waals surface area contributed by atoms with Crippen LogP contribution in [-0.2, 0) is 13.6 Å². The monoisotopic (exact) mass is 306 g/mol. The number of rotatable bonds is 4. The summed E-state index contributed by atoms with van der Waals surface area (Å²) in [4.78, 5) is 0. The molecule has 2 atom stereocenters. The summed E-state index contributed by atoms with van der Waals surface area (Å²) >= 11 is 0. The van der Waals surface area contributed by atoms with E-state index in [0.29, 0.717) is 6.61 Å². The first kappa shape index (κ1) is 16.6. The third-order valence-corrected chi connectivity index (χ3v) is 42.1. The summed E-state index contributed by atoms with van der Waals surface area (Å²) in [5.74, 6) is -0.414. The summed E-state index contributed by atoms with van der Waals surface area (Å²) in [6, 6.07) is 0.983. The van der Waals surface area contributed by atoms with Crippen molar-refractivity contribution in [2.45, 2.75) is 65.3 Å². The molecule has 1 aliphatic heterocycles. The van der Waals surface area contributed by atoms with Crippen molar-refractivity contribution >= 4 is 22.8 Å². The second kappa shape index (κ2) is 5.14. The molecular weight excluding hydrogens is 276 g/mol. The Kier molecular flexibility index (Phi) is 4.74. The number of hydrogen-bond acceptors (Lipinski definition) is 3. The maximum atomic E-state index is 6.49. The first-order chi connectivity index (χ1) is 8.04. The van der Waals surface area contributed by atoms with Gasteiger partial charge < -0.3 is 13.6 Å². The Balaban J connectivity index is 3.15. The fourth-order valence-corrected chi connectivity index (χ4v) is 31.3. The Hall–Kier alpha value is 0.531. The minimum atomic E-state index is -1.72. The molecule has 0 aromatic carbocycles. The molecule has 2 unspecified atom stereocenters. The first-order valence-corrected chi connectivity index (χ1v) is 17.5. The van der Waals surface area contributed by atoms with Crippen molar-refractivity contribution in [3.63, 3.8) is 0 Å². The van der Waals surface area contributed by atoms with Crippen LogP contribution in [-0.4, -0.2) is 41.8 Å². The highest BCUT2D eigenvalue weighted by molar-refractivity contribution is 7.66. The molecule has 0 radical (unpaired) electrons. The van der Waals surface area contributed by atoms with Crippen LogP contribution in [0.4, 0.5) is 0 Å². The van der Waals surface area contributed by atoms with Crippen molar-refractivity contribution in [3.05, 3.63) is 0 Å². The van der Waals surface area contributed by atoms with Crippen molar-refractivity contribution in [3.8, 4) is 0 Å². The van der Waals surface area contributed by atoms with Gasteiger partial charge in [-0.05, 0) is 40.4 Å². The van der Waals surface area contributed by atoms with Crippen LogP contribution < -0.4 is 0 Å². The van der Waals surface area contributed by atoms with Gasteiger partial charge in [0.05, 0.1) is 7.11 Å². The maximum Gasteiger partial charge on any atom is 0.182 e. The van der Waals surface area contributed by atoms with Gasteiger partial charge in [-0.2, -0.15) is 0 Å². The van der Waals surface area contributed by atoms with Gasteiger partial charge in [0.15, 0.2) is 21.5 Å². The molecule has 0 amide bonds. The molecule has 1 aliphatic rings. The largest absolute Gasteiger partial charge is 0.420 e. The van der Waals surface area contributed by atoms with Gasteiger partial charge in [-0.1, -0.05) is 13.1 Å². The van der Waals surface area contributed by atoms with Crippen LogP contribution >= 0.6 is 0 Å². The van der Waals surface area contributed by atoms with Crippen LogP contribution in [0.25, 0.3) is 0 Å². The molecule has 0 saturated carbocycles. The molecule has 0 aromatic heterocycles. The summed E-state index contributed by atoms with van der Waals surface area (Å²) in [6.45, 7) is 19.9. The van der Waals surface area contributed by atoms with Crippen molar-refractivity contribution in [1.82, 2.24) is 0 Å². The van der Waals surface area contributed by atoms with E-state index in [1.807, 2.05) is 6.92 Å². The predicted molar refractivity (Wildman–Crippen MR) is 84.1 cm³/mol. The summed E-state index contributed by atoms with van der Waals surface area (Å²) in [6.07, 6.45) is 0. The molecule has 0 aromatic rings. The second-order valence-electron chi connectivity index (χ2n) is 6.64. The zero-order valence-electron chi connectivity index (χ0n) is 13.3. The van der Waals surface area contributed by atoms with Gasteiger partial charge in [-0.3, -0.25) is 0 Å². The predicted octanol–water partition coefficient (Wildman–Crippen LogP) is 3.45. The standard InChI is InChI=1S/C12H30O3Si3/c1-9-13-12(3)11-18(8,14-10-2)17(6,7)16(4,5)15-12/h9-11H2,1-8H3. The highest BCUT2D eigenvalue weighted by Gasteiger charge is 2.65. The van der Waals surface area contributed by atoms with E-state index in [4.69, 9.17) is 13.6 Å². The molecule has 1 saturated heterocycles. The van der Waals surface area contributed by atoms with Crippen molar-refractivity contribution < 1.29 is 13.6 Å². The second-order valence-corrected chi connectivity index (χ2v) is 32.0. The lowest BCUT2D eigenvalue weighted by Gasteiger charge is -2.57. The molecule has 108 valence electrons. The normalized spacial score (nSPS) is 38.7. The minimum absolute atomic E-state index is 0.414. The fourth-order valence-electron chi connectivity index (χ4n) is 3.11. The third-order valence-electron chi connectivity index (χ3n) is 4.87. The molecule has 1 fully saturated rings. The van der Waals surface area contributed by atoms with E-state index in [-0.39, 0.29) is 0 Å². The van der Waals surface area contributed by atoms with Crippen LogP contribution in [0.2, 0.25) is 38.8 Å². The lowest BCUT2D eigenvalue weighted by atomic mass is 10.4. The summed E-state index contributed by atoms with van der Waals surface area (Å²) in [5.41, 5.74) is 0. The molecule has 1 rings (SSSR count). The van der Waals surface area contributed by atoms with E-state index in [9.17, 15) is 0 Å². The molecule has 0 aliphatic carbocycles. The Morgan fingerprint density at radius 1 is 1.06 bits per heavy atom. The van der Waals surface area contributed by atoms with E-state index in [1.54, 1.807) is 0 Å². The van der Waals surface area contributed by atoms with E-state index in [1.165, 1.54) is 0 Å². The fraction of sp³-hybridized carbons (Fsp3) is 1.00. The minimum Gasteiger partial charge on any atom is -0.420 e. The molecule has 6 heteroatoms.